The summed E-state index contributed by atoms with van der Waals surface area (Å²) in [5, 5.41) is 19.9. The maximum Gasteiger partial charge on any atom is 0.326 e. The number of aromatic nitrogens is 1. The van der Waals surface area contributed by atoms with Crippen LogP contribution in [0.1, 0.15) is 29.6 Å². The van der Waals surface area contributed by atoms with E-state index in [0.29, 0.717) is 0 Å². The highest BCUT2D eigenvalue weighted by Gasteiger charge is 2.21. The van der Waals surface area contributed by atoms with Crippen LogP contribution in [0, 0.1) is 0 Å². The summed E-state index contributed by atoms with van der Waals surface area (Å²) >= 11 is 11.3. The van der Waals surface area contributed by atoms with E-state index in [9.17, 15) is 14.4 Å². The quantitative estimate of drug-likeness (QED) is 0.655. The van der Waals surface area contributed by atoms with E-state index >= 15 is 0 Å². The van der Waals surface area contributed by atoms with Gasteiger partial charge in [0.1, 0.15) is 11.2 Å². The van der Waals surface area contributed by atoms with Gasteiger partial charge in [-0.05, 0) is 18.9 Å². The van der Waals surface area contributed by atoms with Crippen molar-refractivity contribution in [3.05, 3.63) is 28.0 Å². The Morgan fingerprint density at radius 3 is 2.48 bits per heavy atom. The minimum atomic E-state index is -1.25. The van der Waals surface area contributed by atoms with Crippen LogP contribution in [0.25, 0.3) is 0 Å². The Morgan fingerprint density at radius 2 is 1.95 bits per heavy atom. The minimum absolute atomic E-state index is 0.00211. The van der Waals surface area contributed by atoms with Crippen molar-refractivity contribution in [2.75, 3.05) is 0 Å². The fourth-order valence-electron chi connectivity index (χ4n) is 1.50. The van der Waals surface area contributed by atoms with E-state index in [4.69, 9.17) is 33.4 Å². The average Bonchev–Trinajstić information content (AvgIpc) is 2.40. The lowest BCUT2D eigenvalue weighted by Crippen LogP contribution is -2.40. The Balaban J connectivity index is 2.69. The van der Waals surface area contributed by atoms with Gasteiger partial charge in [-0.15, -0.1) is 0 Å². The smallest absolute Gasteiger partial charge is 0.326 e. The van der Waals surface area contributed by atoms with Gasteiger partial charge in [0, 0.05) is 12.6 Å². The number of pyridine rings is 1. The molecule has 0 aromatic carbocycles. The summed E-state index contributed by atoms with van der Waals surface area (Å²) in [6, 6.07) is 0.0776. The largest absolute Gasteiger partial charge is 0.481 e. The first-order valence-corrected chi connectivity index (χ1v) is 6.63. The summed E-state index contributed by atoms with van der Waals surface area (Å²) in [6.45, 7) is 0. The van der Waals surface area contributed by atoms with Crippen molar-refractivity contribution in [2.45, 2.75) is 25.3 Å². The van der Waals surface area contributed by atoms with Crippen LogP contribution in [0.5, 0.6) is 0 Å². The number of carboxylic acid groups (broad SMARTS) is 2. The molecule has 0 saturated carbocycles. The molecule has 0 radical (unpaired) electrons. The number of nitrogens with one attached hydrogen (secondary N) is 1. The summed E-state index contributed by atoms with van der Waals surface area (Å²) in [7, 11) is 0. The number of carbonyl (C=O) groups is 3. The zero-order valence-electron chi connectivity index (χ0n) is 10.7. The number of carbonyl (C=O) groups excluding carboxylic acids is 1. The molecule has 114 valence electrons. The molecule has 0 aliphatic rings. The Bertz CT molecular complexity index is 565. The molecule has 1 heterocycles. The molecule has 7 nitrogen and oxygen atoms in total. The second-order valence-corrected chi connectivity index (χ2v) is 4.91. The second kappa shape index (κ2) is 7.80. The molecule has 0 aliphatic heterocycles. The zero-order chi connectivity index (χ0) is 16.0. The number of halogens is 2. The van der Waals surface area contributed by atoms with Crippen molar-refractivity contribution in [2.24, 2.45) is 0 Å². The maximum absolute atomic E-state index is 11.9. The lowest BCUT2D eigenvalue weighted by atomic mass is 10.1. The number of hydrogen-bond donors (Lipinski definition) is 3. The van der Waals surface area contributed by atoms with Gasteiger partial charge in [-0.25, -0.2) is 9.78 Å². The van der Waals surface area contributed by atoms with Crippen LogP contribution in [0.15, 0.2) is 12.3 Å². The highest BCUT2D eigenvalue weighted by molar-refractivity contribution is 6.41. The van der Waals surface area contributed by atoms with E-state index < -0.39 is 23.9 Å². The molecule has 21 heavy (non-hydrogen) atoms. The van der Waals surface area contributed by atoms with Crippen molar-refractivity contribution in [1.29, 1.82) is 0 Å². The summed E-state index contributed by atoms with van der Waals surface area (Å²) < 4.78 is 0. The number of nitrogens with zero attached hydrogens (tertiary/aromatic N) is 1. The van der Waals surface area contributed by atoms with E-state index in [1.54, 1.807) is 0 Å². The van der Waals surface area contributed by atoms with Crippen molar-refractivity contribution in [3.8, 4) is 0 Å². The third-order valence-corrected chi connectivity index (χ3v) is 3.23. The Kier molecular flexibility index (Phi) is 6.39. The maximum atomic E-state index is 11.9. The number of rotatable bonds is 7. The highest BCUT2D eigenvalue weighted by atomic mass is 35.5. The van der Waals surface area contributed by atoms with Crippen LogP contribution in [0.2, 0.25) is 10.2 Å². The standard InChI is InChI=1S/C12H12Cl2N2O5/c13-7-4-6(5-15-10(7)14)11(19)16-8(12(20)21)2-1-3-9(17)18/h4-5,8H,1-3H2,(H,16,19)(H,17,18)(H,20,21)/t8-/m1/s1. The van der Waals surface area contributed by atoms with Crippen LogP contribution in [0.3, 0.4) is 0 Å². The molecule has 3 N–H and O–H groups in total. The monoisotopic (exact) mass is 334 g/mol. The van der Waals surface area contributed by atoms with Crippen LogP contribution in [0.4, 0.5) is 0 Å². The molecular weight excluding hydrogens is 323 g/mol. The first-order chi connectivity index (χ1) is 9.81. The van der Waals surface area contributed by atoms with Gasteiger partial charge in [-0.2, -0.15) is 0 Å². The van der Waals surface area contributed by atoms with Crippen molar-refractivity contribution >= 4 is 41.0 Å². The topological polar surface area (TPSA) is 117 Å². The molecule has 1 amide bonds. The molecule has 0 spiro atoms. The molecule has 0 unspecified atom stereocenters. The molecule has 0 aliphatic carbocycles. The molecule has 0 saturated heterocycles. The Morgan fingerprint density at radius 1 is 1.29 bits per heavy atom. The van der Waals surface area contributed by atoms with E-state index in [1.165, 1.54) is 12.3 Å². The van der Waals surface area contributed by atoms with Gasteiger partial charge in [-0.3, -0.25) is 9.59 Å². The average molecular weight is 335 g/mol. The van der Waals surface area contributed by atoms with Gasteiger partial charge in [0.15, 0.2) is 0 Å². The van der Waals surface area contributed by atoms with Crippen molar-refractivity contribution in [3.63, 3.8) is 0 Å². The third-order valence-electron chi connectivity index (χ3n) is 2.55. The van der Waals surface area contributed by atoms with Crippen LogP contribution in [-0.2, 0) is 9.59 Å². The van der Waals surface area contributed by atoms with E-state index in [1.807, 2.05) is 0 Å². The van der Waals surface area contributed by atoms with Crippen LogP contribution < -0.4 is 5.32 Å². The van der Waals surface area contributed by atoms with E-state index in [0.717, 1.165) is 0 Å². The van der Waals surface area contributed by atoms with Gasteiger partial charge < -0.3 is 15.5 Å². The molecule has 0 fully saturated rings. The molecule has 0 bridgehead atoms. The van der Waals surface area contributed by atoms with Crippen molar-refractivity contribution < 1.29 is 24.6 Å². The second-order valence-electron chi connectivity index (χ2n) is 4.15. The fraction of sp³-hybridized carbons (Fsp3) is 0.333. The normalized spacial score (nSPS) is 11.7. The third kappa shape index (κ3) is 5.57. The first kappa shape index (κ1) is 17.2. The molecular formula is C12H12Cl2N2O5. The molecule has 1 aromatic heterocycles. The van der Waals surface area contributed by atoms with Crippen molar-refractivity contribution in [1.82, 2.24) is 10.3 Å². The van der Waals surface area contributed by atoms with Gasteiger partial charge in [0.25, 0.3) is 5.91 Å². The molecule has 1 aromatic rings. The number of amides is 1. The highest BCUT2D eigenvalue weighted by Crippen LogP contribution is 2.19. The van der Waals surface area contributed by atoms with Crippen LogP contribution >= 0.6 is 23.2 Å². The molecule has 1 rings (SSSR count). The zero-order valence-corrected chi connectivity index (χ0v) is 12.2. The Hall–Kier alpha value is -1.86. The fourth-order valence-corrected chi connectivity index (χ4v) is 1.77. The molecule has 9 heteroatoms. The van der Waals surface area contributed by atoms with Gasteiger partial charge in [-0.1, -0.05) is 23.2 Å². The van der Waals surface area contributed by atoms with Gasteiger partial charge >= 0.3 is 11.9 Å². The van der Waals surface area contributed by atoms with Crippen LogP contribution in [-0.4, -0.2) is 39.1 Å². The molecule has 1 atom stereocenters. The summed E-state index contributed by atoms with van der Waals surface area (Å²) in [5.41, 5.74) is 0.0638. The predicted octanol–water partition coefficient (Wildman–Crippen LogP) is 1.83. The minimum Gasteiger partial charge on any atom is -0.481 e. The summed E-state index contributed by atoms with van der Waals surface area (Å²) in [4.78, 5) is 37.0. The predicted molar refractivity (Wildman–Crippen MR) is 74.6 cm³/mol. The first-order valence-electron chi connectivity index (χ1n) is 5.87. The number of aliphatic carboxylic acids is 2. The summed E-state index contributed by atoms with van der Waals surface area (Å²) in [6.07, 6.45) is 1.13. The lowest BCUT2D eigenvalue weighted by Gasteiger charge is -2.14. The van der Waals surface area contributed by atoms with E-state index in [-0.39, 0.29) is 35.0 Å². The SMILES string of the molecule is O=C(O)CCC[C@@H](NC(=O)c1cnc(Cl)c(Cl)c1)C(=O)O. The van der Waals surface area contributed by atoms with Gasteiger partial charge in [0.2, 0.25) is 0 Å². The van der Waals surface area contributed by atoms with E-state index in [2.05, 4.69) is 10.3 Å². The van der Waals surface area contributed by atoms with Gasteiger partial charge in [0.05, 0.1) is 10.6 Å². The Labute approximate surface area is 129 Å². The number of carboxylic acids is 2. The lowest BCUT2D eigenvalue weighted by molar-refractivity contribution is -0.140. The number of hydrogen-bond acceptors (Lipinski definition) is 4. The summed E-state index contributed by atoms with van der Waals surface area (Å²) in [5.74, 6) is -2.95.